The maximum absolute atomic E-state index is 13.3. The molecular weight excluding hydrogens is 419 g/mol. The van der Waals surface area contributed by atoms with Gasteiger partial charge in [-0.25, -0.2) is 0 Å². The van der Waals surface area contributed by atoms with Gasteiger partial charge in [-0.1, -0.05) is 38.0 Å². The Hall–Kier alpha value is -2.41. The van der Waals surface area contributed by atoms with Crippen molar-refractivity contribution in [3.05, 3.63) is 53.6 Å². The maximum Gasteiger partial charge on any atom is 0.416 e. The van der Waals surface area contributed by atoms with E-state index in [9.17, 15) is 13.2 Å². The van der Waals surface area contributed by atoms with E-state index in [0.717, 1.165) is 50.5 Å². The van der Waals surface area contributed by atoms with E-state index in [-0.39, 0.29) is 18.6 Å². The molecule has 1 saturated heterocycles. The van der Waals surface area contributed by atoms with Gasteiger partial charge in [0.1, 0.15) is 5.75 Å². The highest BCUT2D eigenvalue weighted by Gasteiger charge is 2.34. The minimum absolute atomic E-state index is 0.0220. The van der Waals surface area contributed by atoms with E-state index < -0.39 is 11.7 Å². The topological polar surface area (TPSA) is 30.9 Å². The van der Waals surface area contributed by atoms with Crippen LogP contribution in [0, 0.1) is 5.92 Å². The third-order valence-electron chi connectivity index (χ3n) is 6.35. The molecule has 4 nitrogen and oxygen atoms in total. The van der Waals surface area contributed by atoms with Crippen molar-refractivity contribution < 1.29 is 27.4 Å². The number of halogens is 3. The second kappa shape index (κ2) is 10.0. The molecule has 4 rings (SSSR count). The molecule has 2 aliphatic heterocycles. The van der Waals surface area contributed by atoms with Crippen LogP contribution in [-0.2, 0) is 6.18 Å². The highest BCUT2D eigenvalue weighted by molar-refractivity contribution is 5.46. The molecule has 0 amide bonds. The summed E-state index contributed by atoms with van der Waals surface area (Å²) in [4.78, 5) is 2.42. The number of rotatable bonds is 8. The van der Waals surface area contributed by atoms with Crippen LogP contribution in [0.15, 0.2) is 42.5 Å². The zero-order valence-electron chi connectivity index (χ0n) is 18.4. The molecule has 2 heterocycles. The SMILES string of the molecule is CCCCCN1CC[C@H](c2cccc(C(F)(F)F)c2)[C@@H](COc2ccc3c(c2)OCO3)C1. The highest BCUT2D eigenvalue weighted by atomic mass is 19.4. The quantitative estimate of drug-likeness (QED) is 0.455. The molecule has 7 heteroatoms. The standard InChI is InChI=1S/C25H30F3NO3/c1-2-3-4-11-29-12-10-22(18-6-5-7-20(13-18)25(26,27)28)19(15-29)16-30-21-8-9-23-24(14-21)32-17-31-23/h5-9,13-14,19,22H,2-4,10-12,15-17H2,1H3/t19-,22-/m1/s1. The molecule has 2 aromatic rings. The molecular formula is C25H30F3NO3. The van der Waals surface area contributed by atoms with E-state index in [2.05, 4.69) is 11.8 Å². The van der Waals surface area contributed by atoms with Crippen molar-refractivity contribution in [1.82, 2.24) is 4.90 Å². The first-order valence-electron chi connectivity index (χ1n) is 11.4. The largest absolute Gasteiger partial charge is 0.493 e. The number of likely N-dealkylation sites (tertiary alicyclic amines) is 1. The predicted molar refractivity (Wildman–Crippen MR) is 116 cm³/mol. The minimum atomic E-state index is -4.34. The first-order chi connectivity index (χ1) is 15.4. The van der Waals surface area contributed by atoms with E-state index in [4.69, 9.17) is 14.2 Å². The van der Waals surface area contributed by atoms with Gasteiger partial charge < -0.3 is 19.1 Å². The van der Waals surface area contributed by atoms with Gasteiger partial charge in [0.25, 0.3) is 0 Å². The molecule has 32 heavy (non-hydrogen) atoms. The van der Waals surface area contributed by atoms with Crippen LogP contribution in [0.25, 0.3) is 0 Å². The summed E-state index contributed by atoms with van der Waals surface area (Å²) >= 11 is 0. The van der Waals surface area contributed by atoms with E-state index in [1.807, 2.05) is 24.3 Å². The Bertz CT molecular complexity index is 902. The lowest BCUT2D eigenvalue weighted by Gasteiger charge is -2.39. The lowest BCUT2D eigenvalue weighted by atomic mass is 9.80. The zero-order valence-corrected chi connectivity index (χ0v) is 18.4. The van der Waals surface area contributed by atoms with Gasteiger partial charge in [0.05, 0.1) is 12.2 Å². The van der Waals surface area contributed by atoms with Crippen molar-refractivity contribution in [3.8, 4) is 17.2 Å². The number of hydrogen-bond donors (Lipinski definition) is 0. The first-order valence-corrected chi connectivity index (χ1v) is 11.4. The van der Waals surface area contributed by atoms with E-state index in [1.54, 1.807) is 0 Å². The number of unbranched alkanes of at least 4 members (excludes halogenated alkanes) is 2. The predicted octanol–water partition coefficient (Wildman–Crippen LogP) is 6.11. The lowest BCUT2D eigenvalue weighted by molar-refractivity contribution is -0.137. The molecule has 0 aliphatic carbocycles. The van der Waals surface area contributed by atoms with Crippen molar-refractivity contribution in [2.45, 2.75) is 44.7 Å². The van der Waals surface area contributed by atoms with Gasteiger partial charge in [-0.3, -0.25) is 0 Å². The number of hydrogen-bond acceptors (Lipinski definition) is 4. The molecule has 2 aliphatic rings. The van der Waals surface area contributed by atoms with E-state index >= 15 is 0 Å². The molecule has 2 aromatic carbocycles. The van der Waals surface area contributed by atoms with Crippen molar-refractivity contribution in [2.75, 3.05) is 33.0 Å². The Labute approximate surface area is 187 Å². The van der Waals surface area contributed by atoms with Crippen LogP contribution in [-0.4, -0.2) is 37.9 Å². The van der Waals surface area contributed by atoms with E-state index in [0.29, 0.717) is 23.9 Å². The number of piperidine rings is 1. The fourth-order valence-corrected chi connectivity index (χ4v) is 4.62. The number of fused-ring (bicyclic) bond motifs is 1. The second-order valence-electron chi connectivity index (χ2n) is 8.61. The van der Waals surface area contributed by atoms with Crippen LogP contribution in [0.4, 0.5) is 13.2 Å². The number of alkyl halides is 3. The summed E-state index contributed by atoms with van der Waals surface area (Å²) < 4.78 is 56.7. The highest BCUT2D eigenvalue weighted by Crippen LogP contribution is 2.38. The van der Waals surface area contributed by atoms with Crippen LogP contribution >= 0.6 is 0 Å². The molecule has 0 bridgehead atoms. The van der Waals surface area contributed by atoms with Gasteiger partial charge >= 0.3 is 6.18 Å². The summed E-state index contributed by atoms with van der Waals surface area (Å²) in [6.07, 6.45) is -0.0261. The van der Waals surface area contributed by atoms with Gasteiger partial charge in [0.15, 0.2) is 11.5 Å². The van der Waals surface area contributed by atoms with Crippen molar-refractivity contribution >= 4 is 0 Å². The fourth-order valence-electron chi connectivity index (χ4n) is 4.62. The first kappa shape index (κ1) is 22.8. The van der Waals surface area contributed by atoms with Crippen molar-refractivity contribution in [2.24, 2.45) is 5.92 Å². The summed E-state index contributed by atoms with van der Waals surface area (Å²) in [5.74, 6) is 2.15. The number of nitrogens with zero attached hydrogens (tertiary/aromatic N) is 1. The summed E-state index contributed by atoms with van der Waals surface area (Å²) in [6, 6.07) is 11.3. The molecule has 0 N–H and O–H groups in total. The Balaban J connectivity index is 1.49. The summed E-state index contributed by atoms with van der Waals surface area (Å²) in [5.41, 5.74) is 0.156. The van der Waals surface area contributed by atoms with Gasteiger partial charge in [0, 0.05) is 18.5 Å². The summed E-state index contributed by atoms with van der Waals surface area (Å²) in [7, 11) is 0. The monoisotopic (exact) mass is 449 g/mol. The molecule has 0 saturated carbocycles. The number of benzene rings is 2. The Kier molecular flexibility index (Phi) is 7.13. The molecule has 0 aromatic heterocycles. The van der Waals surface area contributed by atoms with Crippen LogP contribution in [0.5, 0.6) is 17.2 Å². The molecule has 174 valence electrons. The van der Waals surface area contributed by atoms with E-state index in [1.165, 1.54) is 18.6 Å². The van der Waals surface area contributed by atoms with Gasteiger partial charge in [-0.2, -0.15) is 13.2 Å². The normalized spacial score (nSPS) is 21.0. The van der Waals surface area contributed by atoms with Crippen molar-refractivity contribution in [3.63, 3.8) is 0 Å². The van der Waals surface area contributed by atoms with Crippen molar-refractivity contribution in [1.29, 1.82) is 0 Å². The molecule has 0 spiro atoms. The maximum atomic E-state index is 13.3. The average molecular weight is 450 g/mol. The van der Waals surface area contributed by atoms with Gasteiger partial charge in [-0.15, -0.1) is 0 Å². The van der Waals surface area contributed by atoms with Crippen LogP contribution in [0.3, 0.4) is 0 Å². The molecule has 2 atom stereocenters. The van der Waals surface area contributed by atoms with Crippen LogP contribution in [0.2, 0.25) is 0 Å². The average Bonchev–Trinajstić information content (AvgIpc) is 3.25. The summed E-state index contributed by atoms with van der Waals surface area (Å²) in [6.45, 7) is 5.54. The molecule has 1 fully saturated rings. The molecule has 0 unspecified atom stereocenters. The fraction of sp³-hybridized carbons (Fsp3) is 0.520. The van der Waals surface area contributed by atoms with Crippen LogP contribution < -0.4 is 14.2 Å². The minimum Gasteiger partial charge on any atom is -0.493 e. The third-order valence-corrected chi connectivity index (χ3v) is 6.35. The Morgan fingerprint density at radius 1 is 1.06 bits per heavy atom. The second-order valence-corrected chi connectivity index (χ2v) is 8.61. The Morgan fingerprint density at radius 2 is 1.91 bits per heavy atom. The third kappa shape index (κ3) is 5.49. The Morgan fingerprint density at radius 3 is 2.72 bits per heavy atom. The lowest BCUT2D eigenvalue weighted by Crippen LogP contribution is -2.42. The smallest absolute Gasteiger partial charge is 0.416 e. The van der Waals surface area contributed by atoms with Crippen LogP contribution in [0.1, 0.15) is 49.7 Å². The number of ether oxygens (including phenoxy) is 3. The van der Waals surface area contributed by atoms with Gasteiger partial charge in [-0.05, 0) is 55.6 Å². The van der Waals surface area contributed by atoms with Gasteiger partial charge in [0.2, 0.25) is 6.79 Å². The summed E-state index contributed by atoms with van der Waals surface area (Å²) in [5, 5.41) is 0. The molecule has 0 radical (unpaired) electrons. The zero-order chi connectivity index (χ0) is 22.6.